The molecule has 0 aliphatic rings. The first-order chi connectivity index (χ1) is 13.0. The Hall–Kier alpha value is -1.39. The molecule has 0 aliphatic carbocycles. The lowest BCUT2D eigenvalue weighted by Gasteiger charge is -2.18. The largest absolute Gasteiger partial charge is 0.491 e. The average molecular weight is 521 g/mol. The van der Waals surface area contributed by atoms with Crippen LogP contribution in [-0.4, -0.2) is 42.9 Å². The van der Waals surface area contributed by atoms with Crippen molar-refractivity contribution in [2.45, 2.75) is 39.3 Å². The quantitative estimate of drug-likeness (QED) is 0.267. The normalized spacial score (nSPS) is 13.4. The standard InChI is InChI=1S/C20H28FN3O2S.HI/c1-4-22-20(24-14(2)11-19-10-5-15(3)27-19)23-12-17(25)13-26-18-8-6-16(21)7-9-18;/h5-10,14,17,25H,4,11-13H2,1-3H3,(H2,22,23,24);1H. The molecule has 28 heavy (non-hydrogen) atoms. The van der Waals surface area contributed by atoms with Crippen LogP contribution in [0, 0.1) is 12.7 Å². The van der Waals surface area contributed by atoms with Gasteiger partial charge in [-0.25, -0.2) is 4.39 Å². The minimum Gasteiger partial charge on any atom is -0.491 e. The molecule has 5 nitrogen and oxygen atoms in total. The molecule has 2 unspecified atom stereocenters. The lowest BCUT2D eigenvalue weighted by atomic mass is 10.2. The van der Waals surface area contributed by atoms with E-state index in [2.05, 4.69) is 41.6 Å². The van der Waals surface area contributed by atoms with E-state index >= 15 is 0 Å². The van der Waals surface area contributed by atoms with Crippen molar-refractivity contribution < 1.29 is 14.2 Å². The summed E-state index contributed by atoms with van der Waals surface area (Å²) < 4.78 is 18.3. The lowest BCUT2D eigenvalue weighted by molar-refractivity contribution is 0.114. The maximum absolute atomic E-state index is 12.9. The van der Waals surface area contributed by atoms with E-state index in [0.29, 0.717) is 11.7 Å². The molecule has 1 aromatic heterocycles. The summed E-state index contributed by atoms with van der Waals surface area (Å²) in [5, 5.41) is 16.6. The van der Waals surface area contributed by atoms with Crippen molar-refractivity contribution in [3.8, 4) is 5.75 Å². The Morgan fingerprint density at radius 1 is 1.25 bits per heavy atom. The van der Waals surface area contributed by atoms with Crippen LogP contribution in [-0.2, 0) is 6.42 Å². The lowest BCUT2D eigenvalue weighted by Crippen LogP contribution is -2.43. The highest BCUT2D eigenvalue weighted by Crippen LogP contribution is 2.16. The molecule has 8 heteroatoms. The molecule has 0 saturated carbocycles. The molecule has 2 atom stereocenters. The molecule has 0 saturated heterocycles. The van der Waals surface area contributed by atoms with Crippen molar-refractivity contribution in [2.24, 2.45) is 4.99 Å². The average Bonchev–Trinajstić information content (AvgIpc) is 3.04. The Morgan fingerprint density at radius 3 is 2.57 bits per heavy atom. The Bertz CT molecular complexity index is 724. The number of aliphatic hydroxyl groups is 1. The molecule has 0 aliphatic heterocycles. The number of guanidine groups is 1. The van der Waals surface area contributed by atoms with Crippen LogP contribution in [0.2, 0.25) is 0 Å². The summed E-state index contributed by atoms with van der Waals surface area (Å²) >= 11 is 1.80. The summed E-state index contributed by atoms with van der Waals surface area (Å²) in [7, 11) is 0. The van der Waals surface area contributed by atoms with Crippen LogP contribution in [0.15, 0.2) is 41.4 Å². The number of aryl methyl sites for hydroxylation is 1. The number of rotatable bonds is 9. The summed E-state index contributed by atoms with van der Waals surface area (Å²) in [6.07, 6.45) is 0.167. The van der Waals surface area contributed by atoms with E-state index in [0.717, 1.165) is 13.0 Å². The zero-order chi connectivity index (χ0) is 19.6. The number of benzene rings is 1. The van der Waals surface area contributed by atoms with Crippen molar-refractivity contribution in [1.29, 1.82) is 0 Å². The van der Waals surface area contributed by atoms with E-state index in [9.17, 15) is 9.50 Å². The molecule has 0 fully saturated rings. The molecule has 0 amide bonds. The second-order valence-electron chi connectivity index (χ2n) is 6.40. The Balaban J connectivity index is 0.00000392. The molecule has 2 aromatic rings. The molecule has 1 aromatic carbocycles. The van der Waals surface area contributed by atoms with Crippen LogP contribution < -0.4 is 15.4 Å². The summed E-state index contributed by atoms with van der Waals surface area (Å²) in [5.74, 6) is 0.865. The van der Waals surface area contributed by atoms with Gasteiger partial charge in [-0.1, -0.05) is 0 Å². The summed E-state index contributed by atoms with van der Waals surface area (Å²) in [6, 6.07) is 10.2. The van der Waals surface area contributed by atoms with Crippen LogP contribution in [0.25, 0.3) is 0 Å². The summed E-state index contributed by atoms with van der Waals surface area (Å²) in [4.78, 5) is 7.07. The molecule has 0 radical (unpaired) electrons. The first kappa shape index (κ1) is 24.6. The Kier molecular flexibility index (Phi) is 11.4. The van der Waals surface area contributed by atoms with Crippen molar-refractivity contribution in [3.63, 3.8) is 0 Å². The summed E-state index contributed by atoms with van der Waals surface area (Å²) in [5.41, 5.74) is 0. The van der Waals surface area contributed by atoms with Gasteiger partial charge in [-0.3, -0.25) is 4.99 Å². The predicted molar refractivity (Wildman–Crippen MR) is 125 cm³/mol. The number of nitrogens with zero attached hydrogens (tertiary/aromatic N) is 1. The van der Waals surface area contributed by atoms with Gasteiger partial charge >= 0.3 is 0 Å². The van der Waals surface area contributed by atoms with E-state index in [1.54, 1.807) is 11.3 Å². The van der Waals surface area contributed by atoms with Gasteiger partial charge in [0.25, 0.3) is 0 Å². The fraction of sp³-hybridized carbons (Fsp3) is 0.450. The van der Waals surface area contributed by atoms with Gasteiger partial charge in [-0.05, 0) is 57.2 Å². The molecule has 2 rings (SSSR count). The third-order valence-electron chi connectivity index (χ3n) is 3.75. The molecule has 3 N–H and O–H groups in total. The van der Waals surface area contributed by atoms with Crippen LogP contribution in [0.1, 0.15) is 23.6 Å². The highest BCUT2D eigenvalue weighted by molar-refractivity contribution is 14.0. The monoisotopic (exact) mass is 521 g/mol. The number of nitrogens with one attached hydrogen (secondary N) is 2. The van der Waals surface area contributed by atoms with Gasteiger partial charge in [0, 0.05) is 28.8 Å². The highest BCUT2D eigenvalue weighted by Gasteiger charge is 2.10. The van der Waals surface area contributed by atoms with Crippen LogP contribution in [0.4, 0.5) is 4.39 Å². The molecule has 156 valence electrons. The number of halogens is 2. The number of ether oxygens (including phenoxy) is 1. The zero-order valence-corrected chi connectivity index (χ0v) is 19.6. The Labute approximate surface area is 187 Å². The van der Waals surface area contributed by atoms with Gasteiger partial charge < -0.3 is 20.5 Å². The first-order valence-corrected chi connectivity index (χ1v) is 9.94. The Morgan fingerprint density at radius 2 is 1.96 bits per heavy atom. The first-order valence-electron chi connectivity index (χ1n) is 9.13. The molecule has 0 bridgehead atoms. The number of aliphatic imine (C=N–C) groups is 1. The third kappa shape index (κ3) is 9.20. The minimum atomic E-state index is -0.749. The van der Waals surface area contributed by atoms with Crippen LogP contribution >= 0.6 is 35.3 Å². The number of hydrogen-bond acceptors (Lipinski definition) is 4. The fourth-order valence-electron chi connectivity index (χ4n) is 2.47. The van der Waals surface area contributed by atoms with E-state index in [1.807, 2.05) is 6.92 Å². The molecular weight excluding hydrogens is 492 g/mol. The van der Waals surface area contributed by atoms with Crippen molar-refractivity contribution >= 4 is 41.3 Å². The number of thiophene rings is 1. The van der Waals surface area contributed by atoms with E-state index < -0.39 is 6.10 Å². The molecule has 0 spiro atoms. The summed E-state index contributed by atoms with van der Waals surface area (Å²) in [6.45, 7) is 7.25. The van der Waals surface area contributed by atoms with Gasteiger partial charge in [-0.15, -0.1) is 35.3 Å². The van der Waals surface area contributed by atoms with Crippen molar-refractivity contribution in [1.82, 2.24) is 10.6 Å². The van der Waals surface area contributed by atoms with E-state index in [4.69, 9.17) is 4.74 Å². The van der Waals surface area contributed by atoms with E-state index in [-0.39, 0.29) is 49.0 Å². The topological polar surface area (TPSA) is 65.9 Å². The van der Waals surface area contributed by atoms with Crippen LogP contribution in [0.5, 0.6) is 5.75 Å². The fourth-order valence-corrected chi connectivity index (χ4v) is 3.49. The van der Waals surface area contributed by atoms with Gasteiger partial charge in [0.15, 0.2) is 5.96 Å². The van der Waals surface area contributed by atoms with Gasteiger partial charge in [0.1, 0.15) is 24.3 Å². The van der Waals surface area contributed by atoms with Crippen molar-refractivity contribution in [2.75, 3.05) is 19.7 Å². The maximum atomic E-state index is 12.9. The second kappa shape index (κ2) is 12.9. The van der Waals surface area contributed by atoms with E-state index in [1.165, 1.54) is 34.0 Å². The van der Waals surface area contributed by atoms with Gasteiger partial charge in [-0.2, -0.15) is 0 Å². The molecule has 1 heterocycles. The number of hydrogen-bond donors (Lipinski definition) is 3. The third-order valence-corrected chi connectivity index (χ3v) is 4.77. The van der Waals surface area contributed by atoms with Gasteiger partial charge in [0.05, 0.1) is 6.54 Å². The maximum Gasteiger partial charge on any atom is 0.191 e. The SMILES string of the molecule is CCNC(=NCC(O)COc1ccc(F)cc1)NC(C)Cc1ccc(C)s1.I. The van der Waals surface area contributed by atoms with Crippen molar-refractivity contribution in [3.05, 3.63) is 52.0 Å². The second-order valence-corrected chi connectivity index (χ2v) is 7.77. The van der Waals surface area contributed by atoms with Crippen LogP contribution in [0.3, 0.4) is 0 Å². The predicted octanol–water partition coefficient (Wildman–Crippen LogP) is 3.74. The molecular formula is C20H29FIN3O2S. The zero-order valence-electron chi connectivity index (χ0n) is 16.4. The minimum absolute atomic E-state index is 0. The smallest absolute Gasteiger partial charge is 0.191 e. The van der Waals surface area contributed by atoms with Gasteiger partial charge in [0.2, 0.25) is 0 Å². The highest BCUT2D eigenvalue weighted by atomic mass is 127. The number of aliphatic hydroxyl groups excluding tert-OH is 1.